The molecule has 0 aromatic heterocycles. The van der Waals surface area contributed by atoms with Crippen molar-refractivity contribution in [1.29, 1.82) is 0 Å². The average molecular weight is 229 g/mol. The largest absolute Gasteiger partial charge is 0.481 e. The Morgan fingerprint density at radius 2 is 1.88 bits per heavy atom. The summed E-state index contributed by atoms with van der Waals surface area (Å²) in [4.78, 5) is 13.6. The number of hydrogen-bond acceptors (Lipinski definition) is 2. The Hall–Kier alpha value is -0.570. The van der Waals surface area contributed by atoms with E-state index in [0.717, 1.165) is 25.8 Å². The van der Waals surface area contributed by atoms with E-state index in [4.69, 9.17) is 0 Å². The molecule has 0 fully saturated rings. The number of carbonyl (C=O) groups is 1. The molecule has 16 heavy (non-hydrogen) atoms. The maximum atomic E-state index is 11.3. The van der Waals surface area contributed by atoms with Crippen LogP contribution in [0.3, 0.4) is 0 Å². The van der Waals surface area contributed by atoms with E-state index in [-0.39, 0.29) is 0 Å². The zero-order valence-electron chi connectivity index (χ0n) is 11.4. The topological polar surface area (TPSA) is 40.5 Å². The standard InChI is InChI=1S/C13H27NO2/c1-6-8-13(5,12(15)16)10-14(9-7-2)11(3)4/h11H,6-10H2,1-5H3,(H,15,16). The number of hydrogen-bond donors (Lipinski definition) is 1. The molecule has 0 rings (SSSR count). The first-order valence-corrected chi connectivity index (χ1v) is 6.34. The van der Waals surface area contributed by atoms with Gasteiger partial charge in [0.15, 0.2) is 0 Å². The Labute approximate surface area is 99.8 Å². The van der Waals surface area contributed by atoms with Crippen LogP contribution in [0.1, 0.15) is 53.9 Å². The van der Waals surface area contributed by atoms with Crippen LogP contribution in [0.4, 0.5) is 0 Å². The van der Waals surface area contributed by atoms with Crippen LogP contribution >= 0.6 is 0 Å². The number of nitrogens with zero attached hydrogens (tertiary/aromatic N) is 1. The van der Waals surface area contributed by atoms with Crippen LogP contribution < -0.4 is 0 Å². The molecule has 0 bridgehead atoms. The predicted octanol–water partition coefficient (Wildman–Crippen LogP) is 3.00. The second-order valence-corrected chi connectivity index (χ2v) is 5.18. The summed E-state index contributed by atoms with van der Waals surface area (Å²) in [5.41, 5.74) is -0.603. The van der Waals surface area contributed by atoms with Crippen molar-refractivity contribution in [3.63, 3.8) is 0 Å². The highest BCUT2D eigenvalue weighted by Gasteiger charge is 2.34. The maximum absolute atomic E-state index is 11.3. The van der Waals surface area contributed by atoms with E-state index in [1.165, 1.54) is 0 Å². The molecule has 0 amide bonds. The van der Waals surface area contributed by atoms with Gasteiger partial charge in [-0.1, -0.05) is 20.3 Å². The number of rotatable bonds is 8. The van der Waals surface area contributed by atoms with E-state index in [0.29, 0.717) is 12.6 Å². The van der Waals surface area contributed by atoms with Gasteiger partial charge < -0.3 is 5.11 Å². The van der Waals surface area contributed by atoms with Gasteiger partial charge in [-0.2, -0.15) is 0 Å². The fourth-order valence-electron chi connectivity index (χ4n) is 2.06. The average Bonchev–Trinajstić information content (AvgIpc) is 2.17. The van der Waals surface area contributed by atoms with Crippen LogP contribution in [0.15, 0.2) is 0 Å². The Morgan fingerprint density at radius 1 is 1.31 bits per heavy atom. The Bertz CT molecular complexity index is 216. The van der Waals surface area contributed by atoms with E-state index in [9.17, 15) is 9.90 Å². The van der Waals surface area contributed by atoms with Crippen molar-refractivity contribution >= 4 is 5.97 Å². The molecule has 0 saturated carbocycles. The third-order valence-electron chi connectivity index (χ3n) is 3.11. The van der Waals surface area contributed by atoms with Gasteiger partial charge in [0.25, 0.3) is 0 Å². The first kappa shape index (κ1) is 15.4. The lowest BCUT2D eigenvalue weighted by molar-refractivity contribution is -0.149. The van der Waals surface area contributed by atoms with Crippen molar-refractivity contribution in [3.8, 4) is 0 Å². The molecule has 1 atom stereocenters. The predicted molar refractivity (Wildman–Crippen MR) is 67.7 cm³/mol. The summed E-state index contributed by atoms with van der Waals surface area (Å²) in [5, 5.41) is 9.34. The zero-order chi connectivity index (χ0) is 12.8. The van der Waals surface area contributed by atoms with Gasteiger partial charge in [0.2, 0.25) is 0 Å². The summed E-state index contributed by atoms with van der Waals surface area (Å²) >= 11 is 0. The summed E-state index contributed by atoms with van der Waals surface area (Å²) in [5.74, 6) is -0.670. The van der Waals surface area contributed by atoms with E-state index in [1.807, 2.05) is 13.8 Å². The van der Waals surface area contributed by atoms with E-state index < -0.39 is 11.4 Å². The number of aliphatic carboxylic acids is 1. The van der Waals surface area contributed by atoms with Crippen molar-refractivity contribution < 1.29 is 9.90 Å². The molecule has 0 aromatic rings. The summed E-state index contributed by atoms with van der Waals surface area (Å²) < 4.78 is 0. The Balaban J connectivity index is 4.63. The van der Waals surface area contributed by atoms with Crippen molar-refractivity contribution in [3.05, 3.63) is 0 Å². The minimum absolute atomic E-state index is 0.412. The highest BCUT2D eigenvalue weighted by atomic mass is 16.4. The van der Waals surface area contributed by atoms with Gasteiger partial charge in [0, 0.05) is 12.6 Å². The van der Waals surface area contributed by atoms with E-state index in [2.05, 4.69) is 25.7 Å². The molecule has 3 nitrogen and oxygen atoms in total. The second kappa shape index (κ2) is 6.89. The summed E-state index contributed by atoms with van der Waals surface area (Å²) in [7, 11) is 0. The first-order chi connectivity index (χ1) is 7.37. The lowest BCUT2D eigenvalue weighted by Gasteiger charge is -2.34. The molecule has 0 aliphatic heterocycles. The third kappa shape index (κ3) is 4.52. The molecule has 0 aliphatic carbocycles. The fraction of sp³-hybridized carbons (Fsp3) is 0.923. The molecule has 0 heterocycles. The SMILES string of the molecule is CCCN(CC(C)(CCC)C(=O)O)C(C)C. The molecular formula is C13H27NO2. The van der Waals surface area contributed by atoms with Crippen molar-refractivity contribution in [2.45, 2.75) is 59.9 Å². The molecular weight excluding hydrogens is 202 g/mol. The van der Waals surface area contributed by atoms with E-state index >= 15 is 0 Å². The fourth-order valence-corrected chi connectivity index (χ4v) is 2.06. The van der Waals surface area contributed by atoms with Crippen LogP contribution in [-0.4, -0.2) is 35.1 Å². The van der Waals surface area contributed by atoms with Gasteiger partial charge in [-0.25, -0.2) is 0 Å². The third-order valence-corrected chi connectivity index (χ3v) is 3.11. The first-order valence-electron chi connectivity index (χ1n) is 6.34. The van der Waals surface area contributed by atoms with Crippen molar-refractivity contribution in [2.24, 2.45) is 5.41 Å². The summed E-state index contributed by atoms with van der Waals surface area (Å²) in [6.45, 7) is 11.9. The van der Waals surface area contributed by atoms with Gasteiger partial charge in [-0.3, -0.25) is 9.69 Å². The minimum atomic E-state index is -0.670. The number of carboxylic acids is 1. The lowest BCUT2D eigenvalue weighted by atomic mass is 9.84. The Kier molecular flexibility index (Phi) is 6.65. The highest BCUT2D eigenvalue weighted by molar-refractivity contribution is 5.74. The normalized spacial score (nSPS) is 15.4. The van der Waals surface area contributed by atoms with Gasteiger partial charge in [0.1, 0.15) is 0 Å². The van der Waals surface area contributed by atoms with Crippen LogP contribution in [0.2, 0.25) is 0 Å². The Morgan fingerprint density at radius 3 is 2.19 bits per heavy atom. The smallest absolute Gasteiger partial charge is 0.310 e. The molecule has 0 aromatic carbocycles. The van der Waals surface area contributed by atoms with Gasteiger partial charge in [-0.15, -0.1) is 0 Å². The molecule has 1 N–H and O–H groups in total. The van der Waals surface area contributed by atoms with Gasteiger partial charge in [-0.05, 0) is 40.2 Å². The number of carboxylic acid groups (broad SMARTS) is 1. The zero-order valence-corrected chi connectivity index (χ0v) is 11.4. The van der Waals surface area contributed by atoms with Crippen LogP contribution in [-0.2, 0) is 4.79 Å². The van der Waals surface area contributed by atoms with E-state index in [1.54, 1.807) is 0 Å². The van der Waals surface area contributed by atoms with Gasteiger partial charge in [0.05, 0.1) is 5.41 Å². The summed E-state index contributed by atoms with van der Waals surface area (Å²) in [6.07, 6.45) is 2.73. The van der Waals surface area contributed by atoms with Crippen LogP contribution in [0, 0.1) is 5.41 Å². The maximum Gasteiger partial charge on any atom is 0.310 e. The monoisotopic (exact) mass is 229 g/mol. The lowest BCUT2D eigenvalue weighted by Crippen LogP contribution is -2.44. The molecule has 0 saturated heterocycles. The van der Waals surface area contributed by atoms with Crippen LogP contribution in [0.25, 0.3) is 0 Å². The highest BCUT2D eigenvalue weighted by Crippen LogP contribution is 2.26. The quantitative estimate of drug-likeness (QED) is 0.695. The van der Waals surface area contributed by atoms with Crippen molar-refractivity contribution in [1.82, 2.24) is 4.90 Å². The van der Waals surface area contributed by atoms with Crippen LogP contribution in [0.5, 0.6) is 0 Å². The van der Waals surface area contributed by atoms with Crippen molar-refractivity contribution in [2.75, 3.05) is 13.1 Å². The molecule has 3 heteroatoms. The molecule has 0 aliphatic rings. The second-order valence-electron chi connectivity index (χ2n) is 5.18. The molecule has 0 spiro atoms. The minimum Gasteiger partial charge on any atom is -0.481 e. The van der Waals surface area contributed by atoms with Gasteiger partial charge >= 0.3 is 5.97 Å². The molecule has 96 valence electrons. The molecule has 1 unspecified atom stereocenters. The molecule has 0 radical (unpaired) electrons. The summed E-state index contributed by atoms with van der Waals surface area (Å²) in [6, 6.07) is 0.412.